The van der Waals surface area contributed by atoms with Crippen molar-refractivity contribution in [2.24, 2.45) is 10.9 Å². The maximum atomic E-state index is 5.74. The Balaban J connectivity index is 1.48. The number of piperidine rings is 1. The second-order valence-corrected chi connectivity index (χ2v) is 7.92. The van der Waals surface area contributed by atoms with Crippen molar-refractivity contribution in [3.8, 4) is 0 Å². The Labute approximate surface area is 164 Å². The molecule has 3 rings (SSSR count). The van der Waals surface area contributed by atoms with Gasteiger partial charge in [-0.3, -0.25) is 9.89 Å². The minimum atomic E-state index is 0.269. The lowest BCUT2D eigenvalue weighted by Gasteiger charge is -2.33. The quantitative estimate of drug-likeness (QED) is 0.540. The molecule has 1 aromatic rings. The van der Waals surface area contributed by atoms with E-state index in [1.807, 2.05) is 13.1 Å². The van der Waals surface area contributed by atoms with Gasteiger partial charge in [0.25, 0.3) is 0 Å². The number of rotatable bonds is 8. The lowest BCUT2D eigenvalue weighted by Crippen LogP contribution is -2.45. The second-order valence-electron chi connectivity index (χ2n) is 7.92. The van der Waals surface area contributed by atoms with Crippen molar-refractivity contribution < 1.29 is 4.42 Å². The number of hydrogen-bond acceptors (Lipinski definition) is 4. The van der Waals surface area contributed by atoms with E-state index in [0.29, 0.717) is 0 Å². The first kappa shape index (κ1) is 20.2. The Morgan fingerprint density at radius 1 is 1.26 bits per heavy atom. The van der Waals surface area contributed by atoms with Gasteiger partial charge < -0.3 is 20.0 Å². The van der Waals surface area contributed by atoms with Crippen LogP contribution in [0.25, 0.3) is 0 Å². The van der Waals surface area contributed by atoms with Gasteiger partial charge in [-0.05, 0) is 69.9 Å². The van der Waals surface area contributed by atoms with E-state index in [2.05, 4.69) is 38.4 Å². The highest BCUT2D eigenvalue weighted by Crippen LogP contribution is 2.24. The second kappa shape index (κ2) is 10.7. The van der Waals surface area contributed by atoms with Crippen LogP contribution in [0.4, 0.5) is 0 Å². The van der Waals surface area contributed by atoms with Gasteiger partial charge >= 0.3 is 0 Å². The Morgan fingerprint density at radius 3 is 2.81 bits per heavy atom. The van der Waals surface area contributed by atoms with Crippen LogP contribution in [0.1, 0.15) is 50.8 Å². The van der Waals surface area contributed by atoms with E-state index in [1.54, 1.807) is 6.26 Å². The molecule has 0 aromatic carbocycles. The molecule has 1 aromatic heterocycles. The molecule has 0 radical (unpaired) electrons. The average molecular weight is 376 g/mol. The van der Waals surface area contributed by atoms with E-state index < -0.39 is 0 Å². The Hall–Kier alpha value is -1.53. The van der Waals surface area contributed by atoms with Crippen molar-refractivity contribution in [3.05, 3.63) is 24.2 Å². The van der Waals surface area contributed by atoms with Gasteiger partial charge in [-0.25, -0.2) is 0 Å². The van der Waals surface area contributed by atoms with Gasteiger partial charge in [-0.15, -0.1) is 0 Å². The molecule has 6 heteroatoms. The first-order valence-electron chi connectivity index (χ1n) is 10.7. The summed E-state index contributed by atoms with van der Waals surface area (Å²) in [6, 6.07) is 4.35. The van der Waals surface area contributed by atoms with Gasteiger partial charge in [-0.1, -0.05) is 13.3 Å². The standard InChI is InChI=1S/C21H37N5O/c1-3-10-25-13-9-18(17-25)15-23-21(22-2)24-16-19(20-8-7-14-27-20)26-11-5-4-6-12-26/h7-8,14,18-19H,3-6,9-13,15-17H2,1-2H3,(H2,22,23,24). The molecule has 0 amide bonds. The summed E-state index contributed by atoms with van der Waals surface area (Å²) >= 11 is 0. The predicted molar refractivity (Wildman–Crippen MR) is 111 cm³/mol. The van der Waals surface area contributed by atoms with Crippen LogP contribution in [0, 0.1) is 5.92 Å². The van der Waals surface area contributed by atoms with Crippen LogP contribution in [-0.2, 0) is 0 Å². The summed E-state index contributed by atoms with van der Waals surface area (Å²) in [5, 5.41) is 7.08. The largest absolute Gasteiger partial charge is 0.468 e. The van der Waals surface area contributed by atoms with Crippen molar-refractivity contribution >= 4 is 5.96 Å². The first-order chi connectivity index (χ1) is 13.3. The van der Waals surface area contributed by atoms with Gasteiger partial charge in [0, 0.05) is 26.7 Å². The van der Waals surface area contributed by atoms with E-state index >= 15 is 0 Å². The summed E-state index contributed by atoms with van der Waals surface area (Å²) in [6.45, 7) is 10.0. The molecule has 152 valence electrons. The van der Waals surface area contributed by atoms with Crippen molar-refractivity contribution in [1.29, 1.82) is 0 Å². The van der Waals surface area contributed by atoms with Crippen molar-refractivity contribution in [1.82, 2.24) is 20.4 Å². The van der Waals surface area contributed by atoms with Gasteiger partial charge in [-0.2, -0.15) is 0 Å². The lowest BCUT2D eigenvalue weighted by atomic mass is 10.1. The fourth-order valence-corrected chi connectivity index (χ4v) is 4.37. The average Bonchev–Trinajstić information content (AvgIpc) is 3.38. The molecule has 27 heavy (non-hydrogen) atoms. The molecule has 2 saturated heterocycles. The molecule has 2 atom stereocenters. The molecule has 2 N–H and O–H groups in total. The van der Waals surface area contributed by atoms with Crippen molar-refractivity contribution in [2.75, 3.05) is 52.9 Å². The van der Waals surface area contributed by atoms with Crippen LogP contribution in [0.2, 0.25) is 0 Å². The number of guanidine groups is 1. The summed E-state index contributed by atoms with van der Waals surface area (Å²) in [6.07, 6.45) is 8.21. The summed E-state index contributed by atoms with van der Waals surface area (Å²) in [7, 11) is 1.86. The topological polar surface area (TPSA) is 56.0 Å². The Bertz CT molecular complexity index is 553. The number of likely N-dealkylation sites (tertiary alicyclic amines) is 2. The highest BCUT2D eigenvalue weighted by molar-refractivity contribution is 5.79. The minimum Gasteiger partial charge on any atom is -0.468 e. The smallest absolute Gasteiger partial charge is 0.191 e. The fraction of sp³-hybridized carbons (Fsp3) is 0.762. The van der Waals surface area contributed by atoms with E-state index in [9.17, 15) is 0 Å². The van der Waals surface area contributed by atoms with Crippen LogP contribution < -0.4 is 10.6 Å². The zero-order valence-corrected chi connectivity index (χ0v) is 17.1. The molecule has 0 bridgehead atoms. The van der Waals surface area contributed by atoms with Crippen LogP contribution in [0.15, 0.2) is 27.8 Å². The molecule has 0 spiro atoms. The third kappa shape index (κ3) is 5.98. The molecule has 6 nitrogen and oxygen atoms in total. The molecule has 2 fully saturated rings. The van der Waals surface area contributed by atoms with E-state index in [0.717, 1.165) is 43.8 Å². The van der Waals surface area contributed by atoms with Crippen molar-refractivity contribution in [3.63, 3.8) is 0 Å². The third-order valence-corrected chi connectivity index (χ3v) is 5.86. The minimum absolute atomic E-state index is 0.269. The zero-order chi connectivity index (χ0) is 18.9. The van der Waals surface area contributed by atoms with Crippen LogP contribution in [0.3, 0.4) is 0 Å². The van der Waals surface area contributed by atoms with Crippen LogP contribution in [-0.4, -0.2) is 68.6 Å². The Kier molecular flexibility index (Phi) is 8.02. The van der Waals surface area contributed by atoms with Gasteiger partial charge in [0.2, 0.25) is 0 Å². The monoisotopic (exact) mass is 375 g/mol. The summed E-state index contributed by atoms with van der Waals surface area (Å²) < 4.78 is 5.74. The van der Waals surface area contributed by atoms with Gasteiger partial charge in [0.15, 0.2) is 5.96 Å². The maximum Gasteiger partial charge on any atom is 0.191 e. The van der Waals surface area contributed by atoms with Gasteiger partial charge in [0.1, 0.15) is 5.76 Å². The van der Waals surface area contributed by atoms with E-state index in [-0.39, 0.29) is 6.04 Å². The number of furan rings is 1. The number of aliphatic imine (C=N–C) groups is 1. The highest BCUT2D eigenvalue weighted by Gasteiger charge is 2.25. The molecule has 2 aliphatic rings. The molecule has 3 heterocycles. The SMILES string of the molecule is CCCN1CCC(CNC(=NC)NCC(c2ccco2)N2CCCCC2)C1. The first-order valence-corrected chi connectivity index (χ1v) is 10.7. The summed E-state index contributed by atoms with van der Waals surface area (Å²) in [5.74, 6) is 2.67. The summed E-state index contributed by atoms with van der Waals surface area (Å²) in [4.78, 5) is 9.55. The van der Waals surface area contributed by atoms with E-state index in [1.165, 1.54) is 51.7 Å². The van der Waals surface area contributed by atoms with E-state index in [4.69, 9.17) is 4.42 Å². The maximum absolute atomic E-state index is 5.74. The number of nitrogens with one attached hydrogen (secondary N) is 2. The van der Waals surface area contributed by atoms with Crippen LogP contribution >= 0.6 is 0 Å². The van der Waals surface area contributed by atoms with Crippen molar-refractivity contribution in [2.45, 2.75) is 45.1 Å². The van der Waals surface area contributed by atoms with Gasteiger partial charge in [0.05, 0.1) is 12.3 Å². The normalized spacial score (nSPS) is 23.5. The molecule has 2 unspecified atom stereocenters. The molecule has 0 aliphatic carbocycles. The molecular weight excluding hydrogens is 338 g/mol. The summed E-state index contributed by atoms with van der Waals surface area (Å²) in [5.41, 5.74) is 0. The third-order valence-electron chi connectivity index (χ3n) is 5.86. The predicted octanol–water partition coefficient (Wildman–Crippen LogP) is 2.70. The zero-order valence-electron chi connectivity index (χ0n) is 17.1. The molecule has 0 saturated carbocycles. The van der Waals surface area contributed by atoms with Crippen LogP contribution in [0.5, 0.6) is 0 Å². The highest BCUT2D eigenvalue weighted by atomic mass is 16.3. The lowest BCUT2D eigenvalue weighted by molar-refractivity contribution is 0.146. The number of nitrogens with zero attached hydrogens (tertiary/aromatic N) is 3. The fourth-order valence-electron chi connectivity index (χ4n) is 4.37. The number of hydrogen-bond donors (Lipinski definition) is 2. The Morgan fingerprint density at radius 2 is 2.11 bits per heavy atom. The molecule has 2 aliphatic heterocycles. The molecular formula is C21H37N5O.